The van der Waals surface area contributed by atoms with Crippen molar-refractivity contribution in [3.63, 3.8) is 0 Å². The third kappa shape index (κ3) is 3.61. The van der Waals surface area contributed by atoms with Crippen molar-refractivity contribution in [2.24, 2.45) is 0 Å². The molecule has 2 aromatic carbocycles. The number of halogens is 1. The van der Waals surface area contributed by atoms with Gasteiger partial charge in [0, 0.05) is 4.47 Å². The van der Waals surface area contributed by atoms with Crippen molar-refractivity contribution in [1.82, 2.24) is 5.32 Å². The molecule has 21 heavy (non-hydrogen) atoms. The molecule has 108 valence electrons. The summed E-state index contributed by atoms with van der Waals surface area (Å²) < 4.78 is 0.620. The van der Waals surface area contributed by atoms with E-state index in [-0.39, 0.29) is 11.3 Å². The maximum atomic E-state index is 12.1. The summed E-state index contributed by atoms with van der Waals surface area (Å²) in [6, 6.07) is 11.6. The Morgan fingerprint density at radius 1 is 1.10 bits per heavy atom. The molecule has 0 aliphatic heterocycles. The highest BCUT2D eigenvalue weighted by Crippen LogP contribution is 2.23. The van der Waals surface area contributed by atoms with Crippen LogP contribution in [0.15, 0.2) is 53.0 Å². The molecular weight excluding hydrogens is 338 g/mol. The number of aromatic hydroxyl groups is 1. The van der Waals surface area contributed by atoms with Crippen molar-refractivity contribution < 1.29 is 19.8 Å². The first kappa shape index (κ1) is 15.1. The number of nitrogens with one attached hydrogen (secondary N) is 1. The zero-order valence-corrected chi connectivity index (χ0v) is 12.4. The maximum Gasteiger partial charge on any atom is 0.330 e. The summed E-state index contributed by atoms with van der Waals surface area (Å²) in [7, 11) is 0. The van der Waals surface area contributed by atoms with E-state index in [1.54, 1.807) is 36.4 Å². The van der Waals surface area contributed by atoms with Crippen LogP contribution in [-0.2, 0) is 4.79 Å². The van der Waals surface area contributed by atoms with Gasteiger partial charge in [-0.1, -0.05) is 46.3 Å². The Kier molecular flexibility index (Phi) is 4.59. The second-order valence-electron chi connectivity index (χ2n) is 4.32. The van der Waals surface area contributed by atoms with Crippen molar-refractivity contribution in [2.45, 2.75) is 6.04 Å². The Morgan fingerprint density at radius 2 is 1.76 bits per heavy atom. The number of carbonyl (C=O) groups is 2. The van der Waals surface area contributed by atoms with E-state index in [1.165, 1.54) is 12.1 Å². The average Bonchev–Trinajstić information content (AvgIpc) is 2.45. The van der Waals surface area contributed by atoms with Crippen LogP contribution in [0.25, 0.3) is 0 Å². The minimum Gasteiger partial charge on any atom is -0.507 e. The number of amides is 1. The normalized spacial score (nSPS) is 11.7. The predicted octanol–water partition coefficient (Wildman–Crippen LogP) is 2.71. The number of aliphatic carboxylic acids is 1. The van der Waals surface area contributed by atoms with E-state index in [4.69, 9.17) is 0 Å². The molecule has 5 nitrogen and oxygen atoms in total. The Morgan fingerprint density at radius 3 is 2.33 bits per heavy atom. The lowest BCUT2D eigenvalue weighted by Gasteiger charge is -2.15. The number of benzene rings is 2. The molecule has 2 rings (SSSR count). The molecule has 0 fully saturated rings. The van der Waals surface area contributed by atoms with Gasteiger partial charge in [0.1, 0.15) is 5.75 Å². The van der Waals surface area contributed by atoms with Gasteiger partial charge in [-0.15, -0.1) is 0 Å². The van der Waals surface area contributed by atoms with Gasteiger partial charge < -0.3 is 15.5 Å². The van der Waals surface area contributed by atoms with Crippen LogP contribution in [0.5, 0.6) is 5.75 Å². The first-order valence-corrected chi connectivity index (χ1v) is 6.85. The molecule has 0 aliphatic carbocycles. The number of phenols is 1. The van der Waals surface area contributed by atoms with Crippen LogP contribution >= 0.6 is 15.9 Å². The number of hydrogen-bond acceptors (Lipinski definition) is 3. The molecule has 0 saturated heterocycles. The Hall–Kier alpha value is -2.34. The lowest BCUT2D eigenvalue weighted by Crippen LogP contribution is -2.33. The quantitative estimate of drug-likeness (QED) is 0.791. The number of carboxylic acids is 1. The Bertz CT molecular complexity index is 673. The van der Waals surface area contributed by atoms with Crippen molar-refractivity contribution in [3.8, 4) is 5.75 Å². The molecule has 0 saturated carbocycles. The fourth-order valence-corrected chi connectivity index (χ4v) is 2.19. The van der Waals surface area contributed by atoms with Gasteiger partial charge in [0.25, 0.3) is 5.91 Å². The van der Waals surface area contributed by atoms with E-state index >= 15 is 0 Å². The summed E-state index contributed by atoms with van der Waals surface area (Å²) in [5.41, 5.74) is 0.468. The van der Waals surface area contributed by atoms with Gasteiger partial charge in [-0.3, -0.25) is 4.79 Å². The molecule has 0 spiro atoms. The largest absolute Gasteiger partial charge is 0.507 e. The fourth-order valence-electron chi connectivity index (χ4n) is 1.84. The minimum atomic E-state index is -1.18. The lowest BCUT2D eigenvalue weighted by atomic mass is 10.1. The number of rotatable bonds is 4. The van der Waals surface area contributed by atoms with E-state index in [1.807, 2.05) is 0 Å². The SMILES string of the molecule is O=C(N[C@H](C(=O)O)c1ccccc1)c1ccc(Br)cc1O. The maximum absolute atomic E-state index is 12.1. The topological polar surface area (TPSA) is 86.6 Å². The standard InChI is InChI=1S/C15H12BrNO4/c16-10-6-7-11(12(18)8-10)14(19)17-13(15(20)21)9-4-2-1-3-5-9/h1-8,13,18H,(H,17,19)(H,20,21)/t13-/m0/s1. The van der Waals surface area contributed by atoms with Crippen molar-refractivity contribution in [3.05, 3.63) is 64.1 Å². The molecular formula is C15H12BrNO4. The summed E-state index contributed by atoms with van der Waals surface area (Å²) >= 11 is 3.17. The summed E-state index contributed by atoms with van der Waals surface area (Å²) in [6.45, 7) is 0. The summed E-state index contributed by atoms with van der Waals surface area (Å²) in [5.74, 6) is -2.05. The van der Waals surface area contributed by atoms with E-state index in [2.05, 4.69) is 21.2 Å². The monoisotopic (exact) mass is 349 g/mol. The summed E-state index contributed by atoms with van der Waals surface area (Å²) in [4.78, 5) is 23.4. The van der Waals surface area contributed by atoms with Crippen LogP contribution in [0.2, 0.25) is 0 Å². The molecule has 0 bridgehead atoms. The smallest absolute Gasteiger partial charge is 0.330 e. The number of carbonyl (C=O) groups excluding carboxylic acids is 1. The average molecular weight is 350 g/mol. The van der Waals surface area contributed by atoms with E-state index in [9.17, 15) is 19.8 Å². The first-order valence-electron chi connectivity index (χ1n) is 6.06. The van der Waals surface area contributed by atoms with Crippen LogP contribution < -0.4 is 5.32 Å². The molecule has 0 unspecified atom stereocenters. The second-order valence-corrected chi connectivity index (χ2v) is 5.23. The summed E-state index contributed by atoms with van der Waals surface area (Å²) in [6.07, 6.45) is 0. The summed E-state index contributed by atoms with van der Waals surface area (Å²) in [5, 5.41) is 21.4. The van der Waals surface area contributed by atoms with E-state index in [0.29, 0.717) is 10.0 Å². The predicted molar refractivity (Wildman–Crippen MR) is 80.1 cm³/mol. The van der Waals surface area contributed by atoms with Gasteiger partial charge in [-0.05, 0) is 23.8 Å². The fraction of sp³-hybridized carbons (Fsp3) is 0.0667. The number of phenolic OH excluding ortho intramolecular Hbond substituents is 1. The highest BCUT2D eigenvalue weighted by atomic mass is 79.9. The molecule has 1 amide bonds. The van der Waals surface area contributed by atoms with Crippen LogP contribution in [-0.4, -0.2) is 22.1 Å². The Labute approximate surface area is 129 Å². The minimum absolute atomic E-state index is 0.0142. The van der Waals surface area contributed by atoms with Crippen molar-refractivity contribution >= 4 is 27.8 Å². The number of carboxylic acid groups (broad SMARTS) is 1. The van der Waals surface area contributed by atoms with Crippen LogP contribution in [0.1, 0.15) is 22.0 Å². The molecule has 6 heteroatoms. The van der Waals surface area contributed by atoms with Gasteiger partial charge in [0.15, 0.2) is 6.04 Å². The van der Waals surface area contributed by atoms with Gasteiger partial charge in [-0.2, -0.15) is 0 Å². The molecule has 2 aromatic rings. The molecule has 0 heterocycles. The third-order valence-corrected chi connectivity index (χ3v) is 3.35. The molecule has 3 N–H and O–H groups in total. The molecule has 0 aromatic heterocycles. The zero-order chi connectivity index (χ0) is 15.4. The van der Waals surface area contributed by atoms with Gasteiger partial charge in [0.2, 0.25) is 0 Å². The van der Waals surface area contributed by atoms with Gasteiger partial charge in [-0.25, -0.2) is 4.79 Å². The highest BCUT2D eigenvalue weighted by Gasteiger charge is 2.23. The number of hydrogen-bond donors (Lipinski definition) is 3. The third-order valence-electron chi connectivity index (χ3n) is 2.86. The van der Waals surface area contributed by atoms with E-state index < -0.39 is 17.9 Å². The van der Waals surface area contributed by atoms with Crippen LogP contribution in [0, 0.1) is 0 Å². The molecule has 0 radical (unpaired) electrons. The first-order chi connectivity index (χ1) is 9.99. The molecule has 1 atom stereocenters. The lowest BCUT2D eigenvalue weighted by molar-refractivity contribution is -0.139. The van der Waals surface area contributed by atoms with Crippen LogP contribution in [0.3, 0.4) is 0 Å². The van der Waals surface area contributed by atoms with Gasteiger partial charge in [0.05, 0.1) is 5.56 Å². The molecule has 0 aliphatic rings. The Balaban J connectivity index is 2.25. The van der Waals surface area contributed by atoms with Crippen molar-refractivity contribution in [2.75, 3.05) is 0 Å². The zero-order valence-electron chi connectivity index (χ0n) is 10.8. The van der Waals surface area contributed by atoms with E-state index in [0.717, 1.165) is 0 Å². The van der Waals surface area contributed by atoms with Crippen molar-refractivity contribution in [1.29, 1.82) is 0 Å². The highest BCUT2D eigenvalue weighted by molar-refractivity contribution is 9.10. The van der Waals surface area contributed by atoms with Gasteiger partial charge >= 0.3 is 5.97 Å². The second kappa shape index (κ2) is 6.41. The van der Waals surface area contributed by atoms with Crippen LogP contribution in [0.4, 0.5) is 0 Å².